The fraction of sp³-hybridized carbons (Fsp3) is 0.300. The minimum atomic E-state index is -0.384. The SMILES string of the molecule is COCc1cc2cc(COc3ccccc3CC(=O)OC(C)COC)cc(-c3cccc(CN)c3F)c2o1. The van der Waals surface area contributed by atoms with Crippen molar-refractivity contribution in [1.29, 1.82) is 0 Å². The average molecular weight is 522 g/mol. The van der Waals surface area contributed by atoms with E-state index >= 15 is 4.39 Å². The van der Waals surface area contributed by atoms with Crippen LogP contribution in [0, 0.1) is 5.82 Å². The van der Waals surface area contributed by atoms with Crippen LogP contribution < -0.4 is 10.5 Å². The smallest absolute Gasteiger partial charge is 0.310 e. The highest BCUT2D eigenvalue weighted by molar-refractivity contribution is 5.94. The fourth-order valence-electron chi connectivity index (χ4n) is 4.35. The van der Waals surface area contributed by atoms with Crippen LogP contribution in [0.1, 0.15) is 29.4 Å². The molecule has 1 heterocycles. The molecule has 0 aliphatic rings. The first-order valence-electron chi connectivity index (χ1n) is 12.3. The molecule has 0 saturated heterocycles. The van der Waals surface area contributed by atoms with Gasteiger partial charge < -0.3 is 29.1 Å². The van der Waals surface area contributed by atoms with Gasteiger partial charge in [-0.25, -0.2) is 4.39 Å². The number of para-hydroxylation sites is 1. The Labute approximate surface area is 221 Å². The molecule has 0 aliphatic carbocycles. The van der Waals surface area contributed by atoms with Crippen molar-refractivity contribution >= 4 is 16.9 Å². The minimum absolute atomic E-state index is 0.0632. The summed E-state index contributed by atoms with van der Waals surface area (Å²) >= 11 is 0. The van der Waals surface area contributed by atoms with Gasteiger partial charge in [0.2, 0.25) is 0 Å². The molecule has 0 bridgehead atoms. The highest BCUT2D eigenvalue weighted by atomic mass is 19.1. The van der Waals surface area contributed by atoms with E-state index in [0.29, 0.717) is 46.0 Å². The van der Waals surface area contributed by atoms with Crippen molar-refractivity contribution in [2.24, 2.45) is 5.73 Å². The molecule has 0 spiro atoms. The standard InChI is InChI=1S/C30H32FNO6/c1-19(16-34-2)37-28(33)14-21-7-4-5-10-27(21)36-17-20-11-23-13-24(18-35-3)38-30(23)26(12-20)25-9-6-8-22(15-32)29(25)31/h4-13,19H,14-18,32H2,1-3H3. The van der Waals surface area contributed by atoms with Crippen molar-refractivity contribution in [3.05, 3.63) is 88.9 Å². The number of fused-ring (bicyclic) bond motifs is 1. The first kappa shape index (κ1) is 27.3. The summed E-state index contributed by atoms with van der Waals surface area (Å²) in [6.45, 7) is 2.67. The van der Waals surface area contributed by atoms with Gasteiger partial charge in [0.1, 0.15) is 42.2 Å². The molecule has 1 unspecified atom stereocenters. The van der Waals surface area contributed by atoms with Gasteiger partial charge in [0, 0.05) is 48.4 Å². The van der Waals surface area contributed by atoms with E-state index in [4.69, 9.17) is 29.1 Å². The third-order valence-electron chi connectivity index (χ3n) is 6.04. The number of esters is 1. The van der Waals surface area contributed by atoms with Gasteiger partial charge in [-0.2, -0.15) is 0 Å². The van der Waals surface area contributed by atoms with Crippen LogP contribution in [-0.2, 0) is 45.2 Å². The molecule has 3 aromatic carbocycles. The highest BCUT2D eigenvalue weighted by Gasteiger charge is 2.18. The number of halogens is 1. The number of ether oxygens (including phenoxy) is 4. The van der Waals surface area contributed by atoms with E-state index in [1.54, 1.807) is 45.4 Å². The lowest BCUT2D eigenvalue weighted by molar-refractivity contribution is -0.149. The lowest BCUT2D eigenvalue weighted by Gasteiger charge is -2.15. The first-order valence-corrected chi connectivity index (χ1v) is 12.3. The monoisotopic (exact) mass is 521 g/mol. The van der Waals surface area contributed by atoms with E-state index in [9.17, 15) is 4.79 Å². The fourth-order valence-corrected chi connectivity index (χ4v) is 4.35. The van der Waals surface area contributed by atoms with Crippen molar-refractivity contribution in [3.63, 3.8) is 0 Å². The maximum absolute atomic E-state index is 15.3. The van der Waals surface area contributed by atoms with Gasteiger partial charge in [0.25, 0.3) is 0 Å². The predicted octanol–water partition coefficient (Wildman–Crippen LogP) is 5.54. The van der Waals surface area contributed by atoms with Crippen LogP contribution in [0.5, 0.6) is 5.75 Å². The van der Waals surface area contributed by atoms with Crippen molar-refractivity contribution < 1.29 is 32.5 Å². The number of carbonyl (C=O) groups excluding carboxylic acids is 1. The van der Waals surface area contributed by atoms with Gasteiger partial charge in [-0.1, -0.05) is 36.4 Å². The van der Waals surface area contributed by atoms with Crippen LogP contribution >= 0.6 is 0 Å². The van der Waals surface area contributed by atoms with Crippen molar-refractivity contribution in [3.8, 4) is 16.9 Å². The minimum Gasteiger partial charge on any atom is -0.489 e. The van der Waals surface area contributed by atoms with Gasteiger partial charge in [-0.3, -0.25) is 4.79 Å². The Morgan fingerprint density at radius 2 is 1.76 bits per heavy atom. The summed E-state index contributed by atoms with van der Waals surface area (Å²) in [4.78, 5) is 12.4. The Kier molecular flexibility index (Phi) is 9.12. The lowest BCUT2D eigenvalue weighted by atomic mass is 9.98. The van der Waals surface area contributed by atoms with E-state index in [1.165, 1.54) is 0 Å². The van der Waals surface area contributed by atoms with Gasteiger partial charge in [0.15, 0.2) is 0 Å². The molecule has 38 heavy (non-hydrogen) atoms. The average Bonchev–Trinajstić information content (AvgIpc) is 3.30. The number of methoxy groups -OCH3 is 2. The third-order valence-corrected chi connectivity index (χ3v) is 6.04. The number of nitrogens with two attached hydrogens (primary N) is 1. The molecular formula is C30H32FNO6. The molecule has 8 heteroatoms. The Morgan fingerprint density at radius 1 is 0.974 bits per heavy atom. The second kappa shape index (κ2) is 12.7. The Bertz CT molecular complexity index is 1400. The molecule has 1 atom stereocenters. The molecule has 0 aliphatic heterocycles. The van der Waals surface area contributed by atoms with Crippen LogP contribution in [0.25, 0.3) is 22.1 Å². The van der Waals surface area contributed by atoms with Crippen molar-refractivity contribution in [1.82, 2.24) is 0 Å². The summed E-state index contributed by atoms with van der Waals surface area (Å²) in [5, 5.41) is 0.801. The summed E-state index contributed by atoms with van der Waals surface area (Å²) in [5.74, 6) is 0.442. The molecule has 4 rings (SSSR count). The molecule has 0 saturated carbocycles. The van der Waals surface area contributed by atoms with Crippen LogP contribution in [-0.4, -0.2) is 32.9 Å². The summed E-state index contributed by atoms with van der Waals surface area (Å²) in [5.41, 5.74) is 9.23. The molecule has 7 nitrogen and oxygen atoms in total. The molecule has 0 fully saturated rings. The molecule has 2 N–H and O–H groups in total. The maximum atomic E-state index is 15.3. The second-order valence-electron chi connectivity index (χ2n) is 9.02. The zero-order chi connectivity index (χ0) is 27.1. The van der Waals surface area contributed by atoms with Crippen LogP contribution in [0.2, 0.25) is 0 Å². The second-order valence-corrected chi connectivity index (χ2v) is 9.02. The van der Waals surface area contributed by atoms with Gasteiger partial charge in [-0.15, -0.1) is 0 Å². The molecule has 200 valence electrons. The number of hydrogen-bond acceptors (Lipinski definition) is 7. The Hall–Kier alpha value is -3.72. The van der Waals surface area contributed by atoms with Crippen LogP contribution in [0.15, 0.2) is 65.1 Å². The summed E-state index contributed by atoms with van der Waals surface area (Å²) in [6, 6.07) is 18.1. The molecule has 0 amide bonds. The Balaban J connectivity index is 1.63. The third kappa shape index (κ3) is 6.39. The van der Waals surface area contributed by atoms with E-state index < -0.39 is 0 Å². The number of rotatable bonds is 12. The summed E-state index contributed by atoms with van der Waals surface area (Å²) in [6.07, 6.45) is -0.282. The number of benzene rings is 3. The normalized spacial score (nSPS) is 12.0. The van der Waals surface area contributed by atoms with Gasteiger partial charge >= 0.3 is 5.97 Å². The van der Waals surface area contributed by atoms with Gasteiger partial charge in [-0.05, 0) is 36.8 Å². The largest absolute Gasteiger partial charge is 0.489 e. The lowest BCUT2D eigenvalue weighted by Crippen LogP contribution is -2.21. The number of furan rings is 1. The summed E-state index contributed by atoms with van der Waals surface area (Å²) in [7, 11) is 3.14. The zero-order valence-electron chi connectivity index (χ0n) is 21.8. The maximum Gasteiger partial charge on any atom is 0.310 e. The number of hydrogen-bond donors (Lipinski definition) is 1. The summed E-state index contributed by atoms with van der Waals surface area (Å²) < 4.78 is 43.1. The van der Waals surface area contributed by atoms with E-state index in [1.807, 2.05) is 36.4 Å². The van der Waals surface area contributed by atoms with Crippen molar-refractivity contribution in [2.45, 2.75) is 39.2 Å². The van der Waals surface area contributed by atoms with Crippen LogP contribution in [0.4, 0.5) is 4.39 Å². The molecule has 0 radical (unpaired) electrons. The zero-order valence-corrected chi connectivity index (χ0v) is 21.8. The van der Waals surface area contributed by atoms with Crippen molar-refractivity contribution in [2.75, 3.05) is 20.8 Å². The number of carbonyl (C=O) groups is 1. The van der Waals surface area contributed by atoms with E-state index in [-0.39, 0.29) is 44.1 Å². The predicted molar refractivity (Wildman–Crippen MR) is 142 cm³/mol. The quantitative estimate of drug-likeness (QED) is 0.245. The Morgan fingerprint density at radius 3 is 2.53 bits per heavy atom. The topological polar surface area (TPSA) is 93.2 Å². The molecule has 1 aromatic heterocycles. The molecule has 4 aromatic rings. The van der Waals surface area contributed by atoms with E-state index in [0.717, 1.165) is 10.9 Å². The van der Waals surface area contributed by atoms with Gasteiger partial charge in [0.05, 0.1) is 13.0 Å². The van der Waals surface area contributed by atoms with E-state index in [2.05, 4.69) is 0 Å². The van der Waals surface area contributed by atoms with Crippen LogP contribution in [0.3, 0.4) is 0 Å². The first-order chi connectivity index (χ1) is 18.4. The highest BCUT2D eigenvalue weighted by Crippen LogP contribution is 2.35. The molecular weight excluding hydrogens is 489 g/mol.